The van der Waals surface area contributed by atoms with E-state index in [1.807, 2.05) is 22.1 Å². The van der Waals surface area contributed by atoms with E-state index in [4.69, 9.17) is 35.4 Å². The lowest BCUT2D eigenvalue weighted by Crippen LogP contribution is -2.24. The Bertz CT molecular complexity index is 934. The van der Waals surface area contributed by atoms with E-state index in [9.17, 15) is 4.79 Å². The summed E-state index contributed by atoms with van der Waals surface area (Å²) in [4.78, 5) is 13.1. The first kappa shape index (κ1) is 18.1. The van der Waals surface area contributed by atoms with Crippen LogP contribution in [0.4, 0.5) is 0 Å². The smallest absolute Gasteiger partial charge is 0.222 e. The van der Waals surface area contributed by atoms with Crippen LogP contribution in [0, 0.1) is 4.77 Å². The number of aromatic amines is 1. The van der Waals surface area contributed by atoms with Gasteiger partial charge in [-0.3, -0.25) is 14.5 Å². The van der Waals surface area contributed by atoms with E-state index in [1.54, 1.807) is 29.5 Å². The van der Waals surface area contributed by atoms with Crippen LogP contribution in [0.2, 0.25) is 10.0 Å². The van der Waals surface area contributed by atoms with Gasteiger partial charge in [0, 0.05) is 29.6 Å². The quantitative estimate of drug-likeness (QED) is 0.577. The van der Waals surface area contributed by atoms with Gasteiger partial charge in [0.25, 0.3) is 0 Å². The van der Waals surface area contributed by atoms with Crippen molar-refractivity contribution in [1.29, 1.82) is 0 Å². The number of rotatable bonds is 6. The molecule has 0 unspecified atom stereocenters. The number of amides is 1. The van der Waals surface area contributed by atoms with Crippen LogP contribution >= 0.6 is 46.8 Å². The first-order valence-corrected chi connectivity index (χ1v) is 9.48. The highest BCUT2D eigenvalue weighted by molar-refractivity contribution is 7.71. The Hall–Kier alpha value is -1.67. The molecule has 130 valence electrons. The van der Waals surface area contributed by atoms with Crippen molar-refractivity contribution in [2.45, 2.75) is 19.5 Å². The minimum absolute atomic E-state index is 0.0914. The number of carbonyl (C=O) groups is 1. The second-order valence-corrected chi connectivity index (χ2v) is 7.42. The molecular weight excluding hydrogens is 399 g/mol. The lowest BCUT2D eigenvalue weighted by molar-refractivity contribution is -0.121. The summed E-state index contributed by atoms with van der Waals surface area (Å²) < 4.78 is 2.33. The van der Waals surface area contributed by atoms with Gasteiger partial charge in [0.15, 0.2) is 10.6 Å². The van der Waals surface area contributed by atoms with Gasteiger partial charge in [0.2, 0.25) is 5.91 Å². The third-order valence-corrected chi connectivity index (χ3v) is 5.32. The van der Waals surface area contributed by atoms with Crippen LogP contribution in [0.5, 0.6) is 0 Å². The normalized spacial score (nSPS) is 10.8. The Kier molecular flexibility index (Phi) is 5.90. The number of halogens is 2. The van der Waals surface area contributed by atoms with E-state index in [0.717, 1.165) is 16.3 Å². The summed E-state index contributed by atoms with van der Waals surface area (Å²) in [5, 5.41) is 12.9. The number of hydrogen-bond donors (Lipinski definition) is 2. The van der Waals surface area contributed by atoms with Crippen LogP contribution in [-0.2, 0) is 17.9 Å². The first-order chi connectivity index (χ1) is 12.0. The summed E-state index contributed by atoms with van der Waals surface area (Å²) in [5.74, 6) is 0.653. The molecule has 0 radical (unpaired) electrons. The second-order valence-electron chi connectivity index (χ2n) is 5.24. The predicted molar refractivity (Wildman–Crippen MR) is 104 cm³/mol. The van der Waals surface area contributed by atoms with Crippen LogP contribution in [-0.4, -0.2) is 20.7 Å². The van der Waals surface area contributed by atoms with Crippen molar-refractivity contribution in [3.05, 3.63) is 56.1 Å². The molecule has 0 saturated heterocycles. The maximum atomic E-state index is 12.1. The van der Waals surface area contributed by atoms with E-state index in [1.165, 1.54) is 0 Å². The number of aromatic nitrogens is 3. The van der Waals surface area contributed by atoms with Gasteiger partial charge >= 0.3 is 0 Å². The zero-order valence-corrected chi connectivity index (χ0v) is 16.1. The highest BCUT2D eigenvalue weighted by atomic mass is 35.5. The van der Waals surface area contributed by atoms with Crippen molar-refractivity contribution in [3.63, 3.8) is 0 Å². The molecule has 3 aromatic rings. The van der Waals surface area contributed by atoms with Crippen LogP contribution < -0.4 is 5.32 Å². The van der Waals surface area contributed by atoms with Crippen molar-refractivity contribution in [2.75, 3.05) is 0 Å². The highest BCUT2D eigenvalue weighted by Crippen LogP contribution is 2.23. The maximum Gasteiger partial charge on any atom is 0.222 e. The molecule has 1 amide bonds. The van der Waals surface area contributed by atoms with Gasteiger partial charge in [-0.1, -0.05) is 35.3 Å². The van der Waals surface area contributed by atoms with Gasteiger partial charge in [0.05, 0.1) is 4.88 Å². The predicted octanol–water partition coefficient (Wildman–Crippen LogP) is 4.68. The number of hydrogen-bond acceptors (Lipinski definition) is 4. The fourth-order valence-electron chi connectivity index (χ4n) is 2.28. The molecule has 0 atom stereocenters. The number of nitrogens with one attached hydrogen (secondary N) is 2. The van der Waals surface area contributed by atoms with E-state index >= 15 is 0 Å². The largest absolute Gasteiger partial charge is 0.352 e. The van der Waals surface area contributed by atoms with Gasteiger partial charge in [-0.05, 0) is 41.4 Å². The molecule has 0 aliphatic heterocycles. The van der Waals surface area contributed by atoms with Crippen LogP contribution in [0.1, 0.15) is 12.0 Å². The van der Waals surface area contributed by atoms with Gasteiger partial charge < -0.3 is 5.32 Å². The van der Waals surface area contributed by atoms with E-state index in [-0.39, 0.29) is 12.3 Å². The Morgan fingerprint density at radius 1 is 1.36 bits per heavy atom. The third kappa shape index (κ3) is 4.49. The van der Waals surface area contributed by atoms with Crippen LogP contribution in [0.25, 0.3) is 10.7 Å². The molecule has 2 N–H and O–H groups in total. The van der Waals surface area contributed by atoms with Gasteiger partial charge in [0.1, 0.15) is 0 Å². The fourth-order valence-corrected chi connectivity index (χ4v) is 3.70. The lowest BCUT2D eigenvalue weighted by Gasteiger charge is -2.09. The minimum Gasteiger partial charge on any atom is -0.352 e. The standard InChI is InChI=1S/C16H14Cl2N4OS2/c17-11-4-3-10(12(18)8-11)9-19-14(23)5-6-22-15(20-21-16(22)24)13-2-1-7-25-13/h1-4,7-8H,5-6,9H2,(H,19,23)(H,21,24). The molecule has 0 bridgehead atoms. The van der Waals surface area contributed by atoms with Gasteiger partial charge in [-0.15, -0.1) is 11.3 Å². The molecule has 0 saturated carbocycles. The molecule has 9 heteroatoms. The molecule has 0 spiro atoms. The van der Waals surface area contributed by atoms with Crippen LogP contribution in [0.3, 0.4) is 0 Å². The fraction of sp³-hybridized carbons (Fsp3) is 0.188. The SMILES string of the molecule is O=C(CCn1c(-c2cccs2)n[nH]c1=S)NCc1ccc(Cl)cc1Cl. The number of thiophene rings is 1. The molecule has 0 aliphatic carbocycles. The third-order valence-electron chi connectivity index (χ3n) is 3.55. The molecule has 1 aromatic carbocycles. The topological polar surface area (TPSA) is 62.7 Å². The van der Waals surface area contributed by atoms with Gasteiger partial charge in [-0.25, -0.2) is 0 Å². The van der Waals surface area contributed by atoms with Crippen LogP contribution in [0.15, 0.2) is 35.7 Å². The average molecular weight is 413 g/mol. The van der Waals surface area contributed by atoms with E-state index < -0.39 is 0 Å². The number of carbonyl (C=O) groups excluding carboxylic acids is 1. The maximum absolute atomic E-state index is 12.1. The Labute approximate surface area is 163 Å². The molecular formula is C16H14Cl2N4OS2. The Morgan fingerprint density at radius 3 is 2.92 bits per heavy atom. The second kappa shape index (κ2) is 8.14. The molecule has 0 fully saturated rings. The Balaban J connectivity index is 1.60. The molecule has 3 rings (SSSR count). The highest BCUT2D eigenvalue weighted by Gasteiger charge is 2.11. The molecule has 0 aliphatic rings. The zero-order valence-electron chi connectivity index (χ0n) is 13.0. The van der Waals surface area contributed by atoms with Crippen molar-refractivity contribution in [2.24, 2.45) is 0 Å². The summed E-state index contributed by atoms with van der Waals surface area (Å²) in [6, 6.07) is 9.11. The number of benzene rings is 1. The zero-order chi connectivity index (χ0) is 17.8. The van der Waals surface area contributed by atoms with E-state index in [2.05, 4.69) is 15.5 Å². The van der Waals surface area contributed by atoms with Gasteiger partial charge in [-0.2, -0.15) is 5.10 Å². The molecule has 5 nitrogen and oxygen atoms in total. The van der Waals surface area contributed by atoms with Crippen molar-refractivity contribution in [3.8, 4) is 10.7 Å². The molecule has 2 aromatic heterocycles. The average Bonchev–Trinajstić information content (AvgIpc) is 3.21. The van der Waals surface area contributed by atoms with Crippen molar-refractivity contribution < 1.29 is 4.79 Å². The number of nitrogens with zero attached hydrogens (tertiary/aromatic N) is 2. The summed E-state index contributed by atoms with van der Waals surface area (Å²) >= 11 is 18.8. The molecule has 25 heavy (non-hydrogen) atoms. The number of H-pyrrole nitrogens is 1. The first-order valence-electron chi connectivity index (χ1n) is 7.44. The van der Waals surface area contributed by atoms with E-state index in [0.29, 0.717) is 27.9 Å². The Morgan fingerprint density at radius 2 is 2.20 bits per heavy atom. The summed E-state index contributed by atoms with van der Waals surface area (Å²) in [7, 11) is 0. The lowest BCUT2D eigenvalue weighted by atomic mass is 10.2. The summed E-state index contributed by atoms with van der Waals surface area (Å²) in [5.41, 5.74) is 0.818. The minimum atomic E-state index is -0.0914. The monoisotopic (exact) mass is 412 g/mol. The van der Waals surface area contributed by atoms with Crippen molar-refractivity contribution >= 4 is 52.7 Å². The molecule has 2 heterocycles. The summed E-state index contributed by atoms with van der Waals surface area (Å²) in [6.07, 6.45) is 0.289. The van der Waals surface area contributed by atoms with Crippen molar-refractivity contribution in [1.82, 2.24) is 20.1 Å². The summed E-state index contributed by atoms with van der Waals surface area (Å²) in [6.45, 7) is 0.798.